The van der Waals surface area contributed by atoms with Crippen molar-refractivity contribution in [3.63, 3.8) is 0 Å². The molecule has 2 saturated heterocycles. The zero-order chi connectivity index (χ0) is 13.5. The van der Waals surface area contributed by atoms with E-state index in [1.807, 2.05) is 38.1 Å². The quantitative estimate of drug-likeness (QED) is 0.907. The Kier molecular flexibility index (Phi) is 3.27. The van der Waals surface area contributed by atoms with E-state index in [0.717, 1.165) is 43.8 Å². The summed E-state index contributed by atoms with van der Waals surface area (Å²) in [4.78, 5) is 2.45. The Bertz CT molecular complexity index is 460. The minimum absolute atomic E-state index is 0.133. The maximum atomic E-state index is 11.2. The first-order valence-corrected chi connectivity index (χ1v) is 7.30. The summed E-state index contributed by atoms with van der Waals surface area (Å²) in [5, 5.41) is 11.2. The Labute approximate surface area is 115 Å². The van der Waals surface area contributed by atoms with Gasteiger partial charge in [-0.2, -0.15) is 0 Å². The fourth-order valence-electron chi connectivity index (χ4n) is 3.49. The zero-order valence-corrected chi connectivity index (χ0v) is 11.8. The summed E-state index contributed by atoms with van der Waals surface area (Å²) in [7, 11) is 0. The van der Waals surface area contributed by atoms with Crippen LogP contribution in [0.1, 0.15) is 32.3 Å². The van der Waals surface area contributed by atoms with Gasteiger partial charge in [0.2, 0.25) is 0 Å². The fourth-order valence-corrected chi connectivity index (χ4v) is 3.49. The average molecular weight is 261 g/mol. The molecule has 0 radical (unpaired) electrons. The Morgan fingerprint density at radius 1 is 1.32 bits per heavy atom. The molecule has 1 aromatic carbocycles. The van der Waals surface area contributed by atoms with Crippen LogP contribution >= 0.6 is 0 Å². The zero-order valence-electron chi connectivity index (χ0n) is 11.8. The van der Waals surface area contributed by atoms with Crippen LogP contribution in [0.3, 0.4) is 0 Å². The van der Waals surface area contributed by atoms with E-state index in [-0.39, 0.29) is 6.10 Å². The largest absolute Gasteiger partial charge is 0.491 e. The van der Waals surface area contributed by atoms with Crippen LogP contribution in [-0.2, 0) is 5.60 Å². The van der Waals surface area contributed by atoms with Crippen molar-refractivity contribution in [2.75, 3.05) is 19.6 Å². The predicted octanol–water partition coefficient (Wildman–Crippen LogP) is 2.39. The lowest BCUT2D eigenvalue weighted by Crippen LogP contribution is -2.44. The molecule has 3 atom stereocenters. The van der Waals surface area contributed by atoms with Gasteiger partial charge in [-0.15, -0.1) is 0 Å². The molecule has 0 aliphatic carbocycles. The van der Waals surface area contributed by atoms with Crippen molar-refractivity contribution in [2.45, 2.75) is 38.4 Å². The van der Waals surface area contributed by atoms with Gasteiger partial charge in [-0.1, -0.05) is 18.2 Å². The highest BCUT2D eigenvalue weighted by molar-refractivity contribution is 5.39. The van der Waals surface area contributed by atoms with E-state index < -0.39 is 5.60 Å². The lowest BCUT2D eigenvalue weighted by atomic mass is 9.76. The van der Waals surface area contributed by atoms with Crippen molar-refractivity contribution in [2.24, 2.45) is 5.92 Å². The number of fused-ring (bicyclic) bond motifs is 2. The summed E-state index contributed by atoms with van der Waals surface area (Å²) < 4.78 is 5.90. The summed E-state index contributed by atoms with van der Waals surface area (Å²) in [5.41, 5.74) is 0.272. The number of hydrogen-bond donors (Lipinski definition) is 1. The predicted molar refractivity (Wildman–Crippen MR) is 75.3 cm³/mol. The van der Waals surface area contributed by atoms with E-state index in [2.05, 4.69) is 4.90 Å². The molecule has 104 valence electrons. The van der Waals surface area contributed by atoms with Crippen LogP contribution in [0, 0.1) is 5.92 Å². The molecular weight excluding hydrogens is 238 g/mol. The van der Waals surface area contributed by atoms with Crippen LogP contribution in [0.4, 0.5) is 0 Å². The van der Waals surface area contributed by atoms with Crippen LogP contribution in [0.25, 0.3) is 0 Å². The minimum atomic E-state index is -0.710. The number of benzene rings is 1. The molecule has 3 nitrogen and oxygen atoms in total. The van der Waals surface area contributed by atoms with Gasteiger partial charge in [0.25, 0.3) is 0 Å². The summed E-state index contributed by atoms with van der Waals surface area (Å²) in [6.45, 7) is 7.19. The maximum absolute atomic E-state index is 11.2. The van der Waals surface area contributed by atoms with Crippen molar-refractivity contribution in [3.05, 3.63) is 29.8 Å². The molecule has 0 saturated carbocycles. The number of aliphatic hydroxyl groups is 1. The fraction of sp³-hybridized carbons (Fsp3) is 0.625. The van der Waals surface area contributed by atoms with Crippen molar-refractivity contribution >= 4 is 0 Å². The number of para-hydroxylation sites is 1. The third-order valence-electron chi connectivity index (χ3n) is 4.47. The van der Waals surface area contributed by atoms with E-state index in [1.54, 1.807) is 0 Å². The number of ether oxygens (including phenoxy) is 1. The molecule has 3 heteroatoms. The Morgan fingerprint density at radius 2 is 2.11 bits per heavy atom. The second-order valence-corrected chi connectivity index (χ2v) is 6.12. The van der Waals surface area contributed by atoms with Gasteiger partial charge in [0, 0.05) is 24.6 Å². The Balaban J connectivity index is 1.96. The van der Waals surface area contributed by atoms with Crippen LogP contribution in [-0.4, -0.2) is 35.7 Å². The average Bonchev–Trinajstić information content (AvgIpc) is 2.79. The second-order valence-electron chi connectivity index (χ2n) is 6.12. The van der Waals surface area contributed by atoms with E-state index in [1.165, 1.54) is 0 Å². The SMILES string of the molecule is CC(C)Oc1ccccc1C1(O)CCN2CCC1C2. The normalized spacial score (nSPS) is 33.7. The molecule has 1 aromatic rings. The minimum Gasteiger partial charge on any atom is -0.491 e. The van der Waals surface area contributed by atoms with Gasteiger partial charge in [0.1, 0.15) is 5.75 Å². The standard InChI is InChI=1S/C16H23NO2/c1-12(2)19-15-6-4-3-5-14(15)16(18)8-10-17-9-7-13(16)11-17/h3-6,12-13,18H,7-11H2,1-2H3. The van der Waals surface area contributed by atoms with Gasteiger partial charge in [-0.25, -0.2) is 0 Å². The third-order valence-corrected chi connectivity index (χ3v) is 4.47. The van der Waals surface area contributed by atoms with E-state index >= 15 is 0 Å². The number of piperidine rings is 1. The molecule has 1 N–H and O–H groups in total. The van der Waals surface area contributed by atoms with Gasteiger partial charge < -0.3 is 14.7 Å². The molecule has 2 aliphatic heterocycles. The highest BCUT2D eigenvalue weighted by Gasteiger charge is 2.47. The van der Waals surface area contributed by atoms with Gasteiger partial charge >= 0.3 is 0 Å². The van der Waals surface area contributed by atoms with Crippen LogP contribution < -0.4 is 4.74 Å². The van der Waals surface area contributed by atoms with E-state index in [0.29, 0.717) is 5.92 Å². The van der Waals surface area contributed by atoms with Crippen molar-refractivity contribution in [3.8, 4) is 5.75 Å². The van der Waals surface area contributed by atoms with Crippen molar-refractivity contribution in [1.82, 2.24) is 4.90 Å². The lowest BCUT2D eigenvalue weighted by molar-refractivity contribution is -0.0523. The molecular formula is C16H23NO2. The molecule has 0 spiro atoms. The molecule has 2 bridgehead atoms. The molecule has 2 fully saturated rings. The van der Waals surface area contributed by atoms with Gasteiger partial charge in [-0.05, 0) is 39.3 Å². The molecule has 3 unspecified atom stereocenters. The number of hydrogen-bond acceptors (Lipinski definition) is 3. The van der Waals surface area contributed by atoms with Gasteiger partial charge in [0.15, 0.2) is 0 Å². The summed E-state index contributed by atoms with van der Waals surface area (Å²) >= 11 is 0. The smallest absolute Gasteiger partial charge is 0.125 e. The number of nitrogens with zero attached hydrogens (tertiary/aromatic N) is 1. The monoisotopic (exact) mass is 261 g/mol. The van der Waals surface area contributed by atoms with Crippen LogP contribution in [0.2, 0.25) is 0 Å². The summed E-state index contributed by atoms with van der Waals surface area (Å²) in [5.74, 6) is 1.19. The third kappa shape index (κ3) is 2.26. The maximum Gasteiger partial charge on any atom is 0.125 e. The first kappa shape index (κ1) is 12.9. The molecule has 0 amide bonds. The Hall–Kier alpha value is -1.06. The lowest BCUT2D eigenvalue weighted by Gasteiger charge is -2.40. The highest BCUT2D eigenvalue weighted by Crippen LogP contribution is 2.45. The first-order chi connectivity index (χ1) is 9.09. The second kappa shape index (κ2) is 4.80. The van der Waals surface area contributed by atoms with Crippen LogP contribution in [0.15, 0.2) is 24.3 Å². The van der Waals surface area contributed by atoms with Crippen molar-refractivity contribution < 1.29 is 9.84 Å². The summed E-state index contributed by atoms with van der Waals surface area (Å²) in [6.07, 6.45) is 2.04. The summed E-state index contributed by atoms with van der Waals surface area (Å²) in [6, 6.07) is 8.00. The highest BCUT2D eigenvalue weighted by atomic mass is 16.5. The molecule has 0 aromatic heterocycles. The number of rotatable bonds is 3. The topological polar surface area (TPSA) is 32.7 Å². The van der Waals surface area contributed by atoms with Crippen molar-refractivity contribution in [1.29, 1.82) is 0 Å². The van der Waals surface area contributed by atoms with Crippen LogP contribution in [0.5, 0.6) is 5.75 Å². The molecule has 3 rings (SSSR count). The van der Waals surface area contributed by atoms with Gasteiger partial charge in [-0.3, -0.25) is 0 Å². The van der Waals surface area contributed by atoms with E-state index in [9.17, 15) is 5.11 Å². The van der Waals surface area contributed by atoms with Gasteiger partial charge in [0.05, 0.1) is 11.7 Å². The first-order valence-electron chi connectivity index (χ1n) is 7.30. The van der Waals surface area contributed by atoms with E-state index in [4.69, 9.17) is 4.74 Å². The molecule has 19 heavy (non-hydrogen) atoms. The Morgan fingerprint density at radius 3 is 2.89 bits per heavy atom. The molecule has 2 aliphatic rings. The molecule has 2 heterocycles.